The van der Waals surface area contributed by atoms with Gasteiger partial charge in [-0.3, -0.25) is 19.3 Å². The Morgan fingerprint density at radius 2 is 1.79 bits per heavy atom. The highest BCUT2D eigenvalue weighted by atomic mass is 79.9. The first kappa shape index (κ1) is 19.1. The number of rotatable bonds is 5. The first-order chi connectivity index (χ1) is 14.0. The van der Waals surface area contributed by atoms with E-state index >= 15 is 0 Å². The van der Waals surface area contributed by atoms with Crippen LogP contribution in [0, 0.1) is 0 Å². The number of furan rings is 1. The van der Waals surface area contributed by atoms with Gasteiger partial charge in [0.1, 0.15) is 5.76 Å². The number of nitrogens with zero attached hydrogens (tertiary/aromatic N) is 2. The molecule has 0 atom stereocenters. The lowest BCUT2D eigenvalue weighted by Crippen LogP contribution is -2.29. The Bertz CT molecular complexity index is 1110. The van der Waals surface area contributed by atoms with Crippen molar-refractivity contribution in [1.82, 2.24) is 9.80 Å². The van der Waals surface area contributed by atoms with Gasteiger partial charge in [0.25, 0.3) is 17.7 Å². The van der Waals surface area contributed by atoms with Crippen LogP contribution < -0.4 is 0 Å². The van der Waals surface area contributed by atoms with E-state index in [0.717, 1.165) is 14.9 Å². The minimum Gasteiger partial charge on any atom is -0.467 e. The van der Waals surface area contributed by atoms with Gasteiger partial charge in [-0.15, -0.1) is 0 Å². The lowest BCUT2D eigenvalue weighted by molar-refractivity contribution is 0.0631. The average Bonchev–Trinajstić information content (AvgIpc) is 3.32. The summed E-state index contributed by atoms with van der Waals surface area (Å²) in [5.41, 5.74) is 1.87. The zero-order valence-corrected chi connectivity index (χ0v) is 17.2. The van der Waals surface area contributed by atoms with Gasteiger partial charge in [-0.05, 0) is 42.0 Å². The van der Waals surface area contributed by atoms with Crippen molar-refractivity contribution in [2.24, 2.45) is 0 Å². The van der Waals surface area contributed by atoms with Crippen LogP contribution in [0.4, 0.5) is 0 Å². The molecule has 1 aromatic heterocycles. The van der Waals surface area contributed by atoms with Crippen LogP contribution in [0.2, 0.25) is 0 Å². The van der Waals surface area contributed by atoms with E-state index in [2.05, 4.69) is 15.9 Å². The summed E-state index contributed by atoms with van der Waals surface area (Å²) in [7, 11) is 1.70. The number of hydrogen-bond acceptors (Lipinski definition) is 4. The molecule has 2 aromatic carbocycles. The zero-order chi connectivity index (χ0) is 20.5. The summed E-state index contributed by atoms with van der Waals surface area (Å²) in [6, 6.07) is 15.7. The fourth-order valence-corrected chi connectivity index (χ4v) is 3.71. The van der Waals surface area contributed by atoms with Crippen LogP contribution in [-0.4, -0.2) is 34.6 Å². The molecule has 4 rings (SSSR count). The van der Waals surface area contributed by atoms with Gasteiger partial charge < -0.3 is 9.32 Å². The zero-order valence-electron chi connectivity index (χ0n) is 15.6. The molecule has 3 aromatic rings. The molecule has 0 spiro atoms. The van der Waals surface area contributed by atoms with Crippen LogP contribution in [0.3, 0.4) is 0 Å². The van der Waals surface area contributed by atoms with Gasteiger partial charge in [0.2, 0.25) is 0 Å². The van der Waals surface area contributed by atoms with E-state index in [1.54, 1.807) is 30.1 Å². The highest BCUT2D eigenvalue weighted by Crippen LogP contribution is 2.26. The standard InChI is InChI=1S/C22H17BrN2O4/c1-24(12-15-5-2-3-7-19(15)23)20(26)14-8-9-17-18(11-14)22(28)25(21(17)27)13-16-6-4-10-29-16/h2-11H,12-13H2,1H3. The highest BCUT2D eigenvalue weighted by Gasteiger charge is 2.36. The number of carbonyl (C=O) groups is 3. The number of benzene rings is 2. The van der Waals surface area contributed by atoms with Gasteiger partial charge in [-0.25, -0.2) is 0 Å². The van der Waals surface area contributed by atoms with Crippen molar-refractivity contribution in [3.63, 3.8) is 0 Å². The molecule has 0 aliphatic carbocycles. The summed E-state index contributed by atoms with van der Waals surface area (Å²) in [6.45, 7) is 0.472. The van der Waals surface area contributed by atoms with Crippen molar-refractivity contribution in [1.29, 1.82) is 0 Å². The Labute approximate surface area is 175 Å². The lowest BCUT2D eigenvalue weighted by Gasteiger charge is -2.18. The molecule has 146 valence electrons. The van der Waals surface area contributed by atoms with Crippen molar-refractivity contribution in [2.75, 3.05) is 7.05 Å². The topological polar surface area (TPSA) is 70.8 Å². The van der Waals surface area contributed by atoms with Gasteiger partial charge >= 0.3 is 0 Å². The largest absolute Gasteiger partial charge is 0.467 e. The second-order valence-electron chi connectivity index (χ2n) is 6.79. The summed E-state index contributed by atoms with van der Waals surface area (Å²) in [5.74, 6) is -0.524. The molecule has 6 nitrogen and oxygen atoms in total. The second-order valence-corrected chi connectivity index (χ2v) is 7.64. The number of halogens is 1. The van der Waals surface area contributed by atoms with Gasteiger partial charge in [0.05, 0.1) is 23.9 Å². The van der Waals surface area contributed by atoms with Crippen LogP contribution >= 0.6 is 15.9 Å². The molecular formula is C22H17BrN2O4. The van der Waals surface area contributed by atoms with E-state index < -0.39 is 5.91 Å². The first-order valence-corrected chi connectivity index (χ1v) is 9.76. The number of imide groups is 1. The smallest absolute Gasteiger partial charge is 0.261 e. The first-order valence-electron chi connectivity index (χ1n) is 8.97. The van der Waals surface area contributed by atoms with E-state index in [9.17, 15) is 14.4 Å². The van der Waals surface area contributed by atoms with Crippen molar-refractivity contribution < 1.29 is 18.8 Å². The van der Waals surface area contributed by atoms with Gasteiger partial charge in [0, 0.05) is 23.6 Å². The molecule has 0 saturated carbocycles. The van der Waals surface area contributed by atoms with Gasteiger partial charge in [-0.2, -0.15) is 0 Å². The van der Waals surface area contributed by atoms with E-state index in [0.29, 0.717) is 23.4 Å². The van der Waals surface area contributed by atoms with Gasteiger partial charge in [-0.1, -0.05) is 34.1 Å². The Kier molecular flexibility index (Phi) is 5.07. The Morgan fingerprint density at radius 1 is 1.03 bits per heavy atom. The lowest BCUT2D eigenvalue weighted by atomic mass is 10.0. The molecule has 0 unspecified atom stereocenters. The second kappa shape index (κ2) is 7.67. The molecular weight excluding hydrogens is 436 g/mol. The number of fused-ring (bicyclic) bond motifs is 1. The van der Waals surface area contributed by atoms with Crippen LogP contribution in [0.1, 0.15) is 42.4 Å². The molecule has 0 bridgehead atoms. The van der Waals surface area contributed by atoms with Crippen LogP contribution in [0.15, 0.2) is 69.8 Å². The Hall–Kier alpha value is -3.19. The maximum Gasteiger partial charge on any atom is 0.261 e. The van der Waals surface area contributed by atoms with E-state index in [4.69, 9.17) is 4.42 Å². The SMILES string of the molecule is CN(Cc1ccccc1Br)C(=O)c1ccc2c(c1)C(=O)N(Cc1ccco1)C2=O. The molecule has 29 heavy (non-hydrogen) atoms. The predicted molar refractivity (Wildman–Crippen MR) is 109 cm³/mol. The maximum absolute atomic E-state index is 12.9. The number of carbonyl (C=O) groups excluding carboxylic acids is 3. The summed E-state index contributed by atoms with van der Waals surface area (Å²) < 4.78 is 6.16. The molecule has 0 N–H and O–H groups in total. The number of amides is 3. The maximum atomic E-state index is 12.9. The molecule has 0 saturated heterocycles. The molecule has 2 heterocycles. The minimum absolute atomic E-state index is 0.0601. The van der Waals surface area contributed by atoms with E-state index in [1.165, 1.54) is 18.4 Å². The fourth-order valence-electron chi connectivity index (χ4n) is 3.30. The third kappa shape index (κ3) is 3.61. The van der Waals surface area contributed by atoms with Crippen molar-refractivity contribution in [2.45, 2.75) is 13.1 Å². The third-order valence-electron chi connectivity index (χ3n) is 4.82. The van der Waals surface area contributed by atoms with Crippen LogP contribution in [-0.2, 0) is 13.1 Å². The van der Waals surface area contributed by atoms with Crippen LogP contribution in [0.25, 0.3) is 0 Å². The molecule has 0 fully saturated rings. The van der Waals surface area contributed by atoms with Crippen LogP contribution in [0.5, 0.6) is 0 Å². The van der Waals surface area contributed by atoms with Crippen molar-refractivity contribution in [3.8, 4) is 0 Å². The normalized spacial score (nSPS) is 13.0. The Balaban J connectivity index is 1.55. The number of hydrogen-bond donors (Lipinski definition) is 0. The fraction of sp³-hybridized carbons (Fsp3) is 0.136. The summed E-state index contributed by atoms with van der Waals surface area (Å²) in [6.07, 6.45) is 1.49. The van der Waals surface area contributed by atoms with Crippen molar-refractivity contribution >= 4 is 33.7 Å². The van der Waals surface area contributed by atoms with Gasteiger partial charge in [0.15, 0.2) is 0 Å². The highest BCUT2D eigenvalue weighted by molar-refractivity contribution is 9.10. The van der Waals surface area contributed by atoms with E-state index in [1.807, 2.05) is 24.3 Å². The summed E-state index contributed by atoms with van der Waals surface area (Å²) in [5, 5.41) is 0. The minimum atomic E-state index is -0.426. The average molecular weight is 453 g/mol. The Morgan fingerprint density at radius 3 is 2.52 bits per heavy atom. The monoisotopic (exact) mass is 452 g/mol. The summed E-state index contributed by atoms with van der Waals surface area (Å²) in [4.78, 5) is 40.9. The molecule has 0 radical (unpaired) electrons. The molecule has 7 heteroatoms. The molecule has 1 aliphatic heterocycles. The molecule has 3 amide bonds. The quantitative estimate of drug-likeness (QED) is 0.546. The predicted octanol–water partition coefficient (Wildman–Crippen LogP) is 4.11. The third-order valence-corrected chi connectivity index (χ3v) is 5.60. The van der Waals surface area contributed by atoms with Crippen molar-refractivity contribution in [3.05, 3.63) is 93.3 Å². The molecule has 1 aliphatic rings. The van der Waals surface area contributed by atoms with E-state index in [-0.39, 0.29) is 23.9 Å². The summed E-state index contributed by atoms with van der Waals surface area (Å²) >= 11 is 3.48.